The number of ether oxygens (including phenoxy) is 1. The van der Waals surface area contributed by atoms with E-state index in [-0.39, 0.29) is 17.6 Å². The lowest BCUT2D eigenvalue weighted by atomic mass is 10.2. The first-order chi connectivity index (χ1) is 9.01. The molecule has 1 unspecified atom stereocenters. The van der Waals surface area contributed by atoms with Gasteiger partial charge in [0, 0.05) is 16.6 Å². The van der Waals surface area contributed by atoms with Crippen molar-refractivity contribution in [2.45, 2.75) is 26.8 Å². The van der Waals surface area contributed by atoms with Gasteiger partial charge in [-0.3, -0.25) is 0 Å². The van der Waals surface area contributed by atoms with E-state index in [1.165, 1.54) is 18.1 Å². The maximum Gasteiger partial charge on any atom is 0.167 e. The van der Waals surface area contributed by atoms with E-state index in [1.807, 2.05) is 26.8 Å². The molecule has 3 nitrogen and oxygen atoms in total. The summed E-state index contributed by atoms with van der Waals surface area (Å²) in [5.74, 6) is -0.111. The number of hydrogen-bond acceptors (Lipinski definition) is 4. The molecule has 2 aromatic rings. The summed E-state index contributed by atoms with van der Waals surface area (Å²) >= 11 is 1.66. The van der Waals surface area contributed by atoms with Crippen LogP contribution in [0.1, 0.15) is 28.5 Å². The molecule has 1 N–H and O–H groups in total. The lowest BCUT2D eigenvalue weighted by Gasteiger charge is -2.15. The Balaban J connectivity index is 2.17. The van der Waals surface area contributed by atoms with Gasteiger partial charge in [-0.15, -0.1) is 11.3 Å². The number of halogens is 1. The number of nitrogens with one attached hydrogen (secondary N) is 1. The average Bonchev–Trinajstić information content (AvgIpc) is 2.69. The molecule has 102 valence electrons. The summed E-state index contributed by atoms with van der Waals surface area (Å²) in [5, 5.41) is 4.32. The van der Waals surface area contributed by atoms with E-state index in [9.17, 15) is 4.39 Å². The van der Waals surface area contributed by atoms with Crippen molar-refractivity contribution in [3.8, 4) is 5.75 Å². The van der Waals surface area contributed by atoms with Crippen LogP contribution in [0.4, 0.5) is 10.1 Å². The van der Waals surface area contributed by atoms with Gasteiger partial charge in [0.15, 0.2) is 11.6 Å². The van der Waals surface area contributed by atoms with Crippen molar-refractivity contribution in [3.63, 3.8) is 0 Å². The van der Waals surface area contributed by atoms with Crippen LogP contribution >= 0.6 is 11.3 Å². The third-order valence-electron chi connectivity index (χ3n) is 2.87. The number of rotatable bonds is 4. The quantitative estimate of drug-likeness (QED) is 0.916. The van der Waals surface area contributed by atoms with Crippen LogP contribution in [0, 0.1) is 19.7 Å². The van der Waals surface area contributed by atoms with E-state index in [0.29, 0.717) is 0 Å². The van der Waals surface area contributed by atoms with Crippen LogP contribution in [-0.2, 0) is 0 Å². The first-order valence-electron chi connectivity index (χ1n) is 6.05. The molecule has 1 heterocycles. The largest absolute Gasteiger partial charge is 0.494 e. The molecule has 0 aliphatic heterocycles. The molecule has 0 aliphatic rings. The van der Waals surface area contributed by atoms with Gasteiger partial charge in [-0.05, 0) is 32.9 Å². The fourth-order valence-corrected chi connectivity index (χ4v) is 2.95. The molecule has 1 aromatic heterocycles. The maximum absolute atomic E-state index is 13.6. The van der Waals surface area contributed by atoms with Gasteiger partial charge in [0.05, 0.1) is 23.9 Å². The Morgan fingerprint density at radius 2 is 2.11 bits per heavy atom. The first-order valence-corrected chi connectivity index (χ1v) is 6.87. The molecular formula is C14H17FN2OS. The Labute approximate surface area is 116 Å². The average molecular weight is 280 g/mol. The predicted molar refractivity (Wildman–Crippen MR) is 76.6 cm³/mol. The molecule has 0 saturated carbocycles. The van der Waals surface area contributed by atoms with E-state index in [0.717, 1.165) is 16.4 Å². The van der Waals surface area contributed by atoms with E-state index in [2.05, 4.69) is 10.3 Å². The van der Waals surface area contributed by atoms with Crippen LogP contribution in [-0.4, -0.2) is 12.1 Å². The second kappa shape index (κ2) is 5.57. The highest BCUT2D eigenvalue weighted by Gasteiger charge is 2.13. The number of thiazole rings is 1. The van der Waals surface area contributed by atoms with E-state index < -0.39 is 0 Å². The second-order valence-electron chi connectivity index (χ2n) is 4.40. The van der Waals surface area contributed by atoms with E-state index in [4.69, 9.17) is 4.74 Å². The van der Waals surface area contributed by atoms with E-state index in [1.54, 1.807) is 17.4 Å². The Bertz CT molecular complexity index is 583. The minimum atomic E-state index is -0.364. The minimum Gasteiger partial charge on any atom is -0.494 e. The van der Waals surface area contributed by atoms with Crippen LogP contribution in [0.15, 0.2) is 18.2 Å². The molecule has 19 heavy (non-hydrogen) atoms. The van der Waals surface area contributed by atoms with Crippen LogP contribution < -0.4 is 10.1 Å². The first kappa shape index (κ1) is 13.8. The number of anilines is 1. The van der Waals surface area contributed by atoms with Crippen molar-refractivity contribution >= 4 is 17.0 Å². The zero-order valence-corrected chi connectivity index (χ0v) is 12.3. The molecular weight excluding hydrogens is 263 g/mol. The summed E-state index contributed by atoms with van der Waals surface area (Å²) in [6.07, 6.45) is 0. The Hall–Kier alpha value is -1.62. The number of hydrogen-bond donors (Lipinski definition) is 1. The molecule has 0 spiro atoms. The van der Waals surface area contributed by atoms with Crippen molar-refractivity contribution in [1.82, 2.24) is 4.98 Å². The minimum absolute atomic E-state index is 0.0963. The highest BCUT2D eigenvalue weighted by molar-refractivity contribution is 7.11. The summed E-state index contributed by atoms with van der Waals surface area (Å²) < 4.78 is 18.5. The molecule has 0 bridgehead atoms. The van der Waals surface area contributed by atoms with Gasteiger partial charge in [0.1, 0.15) is 0 Å². The summed E-state index contributed by atoms with van der Waals surface area (Å²) in [4.78, 5) is 5.58. The Morgan fingerprint density at radius 3 is 2.63 bits per heavy atom. The van der Waals surface area contributed by atoms with Gasteiger partial charge in [-0.2, -0.15) is 0 Å². The number of methoxy groups -OCH3 is 1. The molecule has 1 aromatic carbocycles. The highest BCUT2D eigenvalue weighted by Crippen LogP contribution is 2.29. The monoisotopic (exact) mass is 280 g/mol. The molecule has 0 amide bonds. The normalized spacial score (nSPS) is 12.3. The second-order valence-corrected chi connectivity index (χ2v) is 5.63. The standard InChI is InChI=1S/C14H17FN2OS/c1-8-14(19-10(3)16-8)9(2)17-11-5-6-13(18-4)12(15)7-11/h5-7,9,17H,1-4H3. The van der Waals surface area contributed by atoms with Crippen molar-refractivity contribution in [3.05, 3.63) is 39.6 Å². The Morgan fingerprint density at radius 1 is 1.37 bits per heavy atom. The molecule has 0 saturated heterocycles. The molecule has 0 fully saturated rings. The van der Waals surface area contributed by atoms with Crippen LogP contribution in [0.5, 0.6) is 5.75 Å². The van der Waals surface area contributed by atoms with Crippen molar-refractivity contribution in [2.75, 3.05) is 12.4 Å². The van der Waals surface area contributed by atoms with Crippen LogP contribution in [0.2, 0.25) is 0 Å². The van der Waals surface area contributed by atoms with Crippen molar-refractivity contribution < 1.29 is 9.13 Å². The van der Waals surface area contributed by atoms with Crippen molar-refractivity contribution in [1.29, 1.82) is 0 Å². The fraction of sp³-hybridized carbons (Fsp3) is 0.357. The lowest BCUT2D eigenvalue weighted by molar-refractivity contribution is 0.386. The van der Waals surface area contributed by atoms with Gasteiger partial charge >= 0.3 is 0 Å². The summed E-state index contributed by atoms with van der Waals surface area (Å²) in [6.45, 7) is 6.02. The zero-order chi connectivity index (χ0) is 14.0. The Kier molecular flexibility index (Phi) is 4.04. The van der Waals surface area contributed by atoms with Crippen LogP contribution in [0.3, 0.4) is 0 Å². The predicted octanol–water partition coefficient (Wildman–Crippen LogP) is 4.08. The van der Waals surface area contributed by atoms with Crippen LogP contribution in [0.25, 0.3) is 0 Å². The maximum atomic E-state index is 13.6. The summed E-state index contributed by atoms with van der Waals surface area (Å²) in [5.41, 5.74) is 1.76. The molecule has 5 heteroatoms. The molecule has 0 aliphatic carbocycles. The zero-order valence-electron chi connectivity index (χ0n) is 11.5. The third kappa shape index (κ3) is 3.04. The molecule has 2 rings (SSSR count). The van der Waals surface area contributed by atoms with Gasteiger partial charge < -0.3 is 10.1 Å². The summed E-state index contributed by atoms with van der Waals surface area (Å²) in [7, 11) is 1.46. The highest BCUT2D eigenvalue weighted by atomic mass is 32.1. The number of aryl methyl sites for hydroxylation is 2. The van der Waals surface area contributed by atoms with Gasteiger partial charge in [0.2, 0.25) is 0 Å². The molecule has 0 radical (unpaired) electrons. The molecule has 1 atom stereocenters. The van der Waals surface area contributed by atoms with Gasteiger partial charge in [-0.1, -0.05) is 0 Å². The number of aromatic nitrogens is 1. The van der Waals surface area contributed by atoms with Crippen molar-refractivity contribution in [2.24, 2.45) is 0 Å². The van der Waals surface area contributed by atoms with Gasteiger partial charge in [-0.25, -0.2) is 9.37 Å². The topological polar surface area (TPSA) is 34.1 Å². The smallest absolute Gasteiger partial charge is 0.167 e. The third-order valence-corrected chi connectivity index (χ3v) is 4.12. The van der Waals surface area contributed by atoms with E-state index >= 15 is 0 Å². The lowest BCUT2D eigenvalue weighted by Crippen LogP contribution is -2.06. The number of nitrogens with zero attached hydrogens (tertiary/aromatic N) is 1. The SMILES string of the molecule is COc1ccc(NC(C)c2sc(C)nc2C)cc1F. The number of benzene rings is 1. The summed E-state index contributed by atoms with van der Waals surface area (Å²) in [6, 6.07) is 4.97. The van der Waals surface area contributed by atoms with Gasteiger partial charge in [0.25, 0.3) is 0 Å². The fourth-order valence-electron chi connectivity index (χ4n) is 2.02.